The molecule has 3 aromatic rings. The van der Waals surface area contributed by atoms with Gasteiger partial charge in [0.1, 0.15) is 0 Å². The fourth-order valence-electron chi connectivity index (χ4n) is 1.74. The third-order valence-corrected chi connectivity index (χ3v) is 3.54. The topological polar surface area (TPSA) is 26.0 Å². The van der Waals surface area contributed by atoms with E-state index in [2.05, 4.69) is 30.3 Å². The summed E-state index contributed by atoms with van der Waals surface area (Å²) in [6.45, 7) is 0. The van der Waals surface area contributed by atoms with Gasteiger partial charge in [0.25, 0.3) is 0 Å². The highest BCUT2D eigenvalue weighted by atomic mass is 35.5. The number of hydrogen-bond acceptors (Lipinski definition) is 2. The number of fused-ring (bicyclic) bond motifs is 3. The third kappa shape index (κ3) is 1.56. The highest BCUT2D eigenvalue weighted by molar-refractivity contribution is 7.25. The van der Waals surface area contributed by atoms with E-state index in [1.807, 2.05) is 12.1 Å². The number of halogens is 1. The molecule has 2 N–H and O–H groups in total. The van der Waals surface area contributed by atoms with E-state index >= 15 is 0 Å². The van der Waals surface area contributed by atoms with Gasteiger partial charge in [-0.15, -0.1) is 23.7 Å². The number of thiophene rings is 1. The highest BCUT2D eigenvalue weighted by Gasteiger charge is 2.03. The summed E-state index contributed by atoms with van der Waals surface area (Å²) in [5.74, 6) is 0. The van der Waals surface area contributed by atoms with Gasteiger partial charge in [0.15, 0.2) is 0 Å². The zero-order chi connectivity index (χ0) is 9.54. The van der Waals surface area contributed by atoms with E-state index in [9.17, 15) is 0 Å². The van der Waals surface area contributed by atoms with Gasteiger partial charge in [-0.3, -0.25) is 0 Å². The van der Waals surface area contributed by atoms with Crippen LogP contribution in [0.15, 0.2) is 42.5 Å². The van der Waals surface area contributed by atoms with Gasteiger partial charge >= 0.3 is 0 Å². The Morgan fingerprint density at radius 3 is 2.47 bits per heavy atom. The van der Waals surface area contributed by atoms with Crippen LogP contribution in [-0.4, -0.2) is 0 Å². The molecule has 1 heterocycles. The normalized spacial score (nSPS) is 10.4. The molecule has 0 bridgehead atoms. The average Bonchev–Trinajstić information content (AvgIpc) is 2.54. The predicted molar refractivity (Wildman–Crippen MR) is 71.0 cm³/mol. The number of nitrogen functional groups attached to an aromatic ring is 1. The summed E-state index contributed by atoms with van der Waals surface area (Å²) < 4.78 is 2.60. The van der Waals surface area contributed by atoms with Crippen molar-refractivity contribution in [3.8, 4) is 0 Å². The van der Waals surface area contributed by atoms with E-state index in [4.69, 9.17) is 5.73 Å². The molecular formula is C12H10ClNS. The van der Waals surface area contributed by atoms with Crippen molar-refractivity contribution in [1.29, 1.82) is 0 Å². The summed E-state index contributed by atoms with van der Waals surface area (Å²) in [6.07, 6.45) is 0. The first-order valence-electron chi connectivity index (χ1n) is 4.51. The van der Waals surface area contributed by atoms with E-state index < -0.39 is 0 Å². The van der Waals surface area contributed by atoms with E-state index in [1.165, 1.54) is 20.2 Å². The third-order valence-electron chi connectivity index (χ3n) is 2.40. The summed E-state index contributed by atoms with van der Waals surface area (Å²) in [7, 11) is 0. The van der Waals surface area contributed by atoms with E-state index in [0.717, 1.165) is 5.69 Å². The Hall–Kier alpha value is -1.25. The molecule has 0 fully saturated rings. The maximum atomic E-state index is 5.75. The van der Waals surface area contributed by atoms with Crippen molar-refractivity contribution in [1.82, 2.24) is 0 Å². The van der Waals surface area contributed by atoms with Crippen LogP contribution >= 0.6 is 23.7 Å². The van der Waals surface area contributed by atoms with Crippen LogP contribution in [0.1, 0.15) is 0 Å². The quantitative estimate of drug-likeness (QED) is 0.585. The minimum atomic E-state index is 0. The van der Waals surface area contributed by atoms with Gasteiger partial charge in [-0.1, -0.05) is 24.3 Å². The van der Waals surface area contributed by atoms with Gasteiger partial charge in [-0.25, -0.2) is 0 Å². The maximum absolute atomic E-state index is 5.75. The van der Waals surface area contributed by atoms with E-state index in [1.54, 1.807) is 11.3 Å². The Labute approximate surface area is 97.9 Å². The molecule has 0 aliphatic carbocycles. The molecule has 0 amide bonds. The number of hydrogen-bond donors (Lipinski definition) is 1. The van der Waals surface area contributed by atoms with Gasteiger partial charge in [-0.05, 0) is 18.2 Å². The second-order valence-corrected chi connectivity index (χ2v) is 4.44. The molecule has 0 atom stereocenters. The summed E-state index contributed by atoms with van der Waals surface area (Å²) in [5.41, 5.74) is 6.59. The molecule has 76 valence electrons. The molecule has 0 unspecified atom stereocenters. The zero-order valence-corrected chi connectivity index (χ0v) is 9.57. The van der Waals surface area contributed by atoms with Crippen LogP contribution < -0.4 is 5.73 Å². The Morgan fingerprint density at radius 1 is 0.867 bits per heavy atom. The fraction of sp³-hybridized carbons (Fsp3) is 0. The maximum Gasteiger partial charge on any atom is 0.0375 e. The average molecular weight is 236 g/mol. The van der Waals surface area contributed by atoms with Crippen LogP contribution in [0.25, 0.3) is 20.2 Å². The van der Waals surface area contributed by atoms with Crippen LogP contribution in [0.2, 0.25) is 0 Å². The van der Waals surface area contributed by atoms with Crippen molar-refractivity contribution in [2.45, 2.75) is 0 Å². The Morgan fingerprint density at radius 2 is 1.60 bits per heavy atom. The molecular weight excluding hydrogens is 226 g/mol. The second-order valence-electron chi connectivity index (χ2n) is 3.35. The molecule has 0 aliphatic rings. The molecule has 1 nitrogen and oxygen atoms in total. The number of nitrogens with two attached hydrogens (primary N) is 1. The largest absolute Gasteiger partial charge is 0.399 e. The number of benzene rings is 2. The van der Waals surface area contributed by atoms with Crippen molar-refractivity contribution in [2.75, 3.05) is 5.73 Å². The van der Waals surface area contributed by atoms with Gasteiger partial charge in [0.2, 0.25) is 0 Å². The second kappa shape index (κ2) is 3.72. The molecule has 2 aromatic carbocycles. The van der Waals surface area contributed by atoms with Crippen LogP contribution in [0.5, 0.6) is 0 Å². The van der Waals surface area contributed by atoms with Crippen molar-refractivity contribution in [2.24, 2.45) is 0 Å². The number of anilines is 1. The first-order chi connectivity index (χ1) is 6.84. The van der Waals surface area contributed by atoms with Gasteiger partial charge in [-0.2, -0.15) is 0 Å². The van der Waals surface area contributed by atoms with Crippen molar-refractivity contribution < 1.29 is 0 Å². The molecule has 3 rings (SSSR count). The summed E-state index contributed by atoms with van der Waals surface area (Å²) >= 11 is 1.80. The van der Waals surface area contributed by atoms with Crippen molar-refractivity contribution in [3.05, 3.63) is 42.5 Å². The first-order valence-corrected chi connectivity index (χ1v) is 5.33. The van der Waals surface area contributed by atoms with Gasteiger partial charge < -0.3 is 5.73 Å². The first kappa shape index (κ1) is 10.3. The van der Waals surface area contributed by atoms with Gasteiger partial charge in [0.05, 0.1) is 0 Å². The highest BCUT2D eigenvalue weighted by Crippen LogP contribution is 2.34. The summed E-state index contributed by atoms with van der Waals surface area (Å²) in [4.78, 5) is 0. The smallest absolute Gasteiger partial charge is 0.0375 e. The van der Waals surface area contributed by atoms with Gasteiger partial charge in [0, 0.05) is 25.9 Å². The molecule has 3 heteroatoms. The van der Waals surface area contributed by atoms with Crippen molar-refractivity contribution >= 4 is 49.6 Å². The van der Waals surface area contributed by atoms with Crippen molar-refractivity contribution in [3.63, 3.8) is 0 Å². The molecule has 0 spiro atoms. The monoisotopic (exact) mass is 235 g/mol. The minimum Gasteiger partial charge on any atom is -0.399 e. The Balaban J connectivity index is 0.000000853. The lowest BCUT2D eigenvalue weighted by molar-refractivity contribution is 1.79. The zero-order valence-electron chi connectivity index (χ0n) is 7.94. The predicted octanol–water partition coefficient (Wildman–Crippen LogP) is 4.06. The standard InChI is InChI=1S/C12H9NS.ClH/c13-8-5-6-10-9-3-1-2-4-11(9)14-12(10)7-8;/h1-7H,13H2;1H. The summed E-state index contributed by atoms with van der Waals surface area (Å²) in [6, 6.07) is 14.6. The lowest BCUT2D eigenvalue weighted by atomic mass is 10.1. The lowest BCUT2D eigenvalue weighted by Crippen LogP contribution is -1.80. The SMILES string of the molecule is Cl.Nc1ccc2c(c1)sc1ccccc12. The number of rotatable bonds is 0. The molecule has 0 saturated carbocycles. The van der Waals surface area contributed by atoms with Crippen LogP contribution in [0.3, 0.4) is 0 Å². The van der Waals surface area contributed by atoms with Crippen LogP contribution in [0, 0.1) is 0 Å². The molecule has 1 aromatic heterocycles. The molecule has 0 saturated heterocycles. The molecule has 15 heavy (non-hydrogen) atoms. The molecule has 0 radical (unpaired) electrons. The fourth-order valence-corrected chi connectivity index (χ4v) is 2.90. The molecule has 0 aliphatic heterocycles. The van der Waals surface area contributed by atoms with E-state index in [-0.39, 0.29) is 12.4 Å². The van der Waals surface area contributed by atoms with Crippen LogP contribution in [0.4, 0.5) is 5.69 Å². The summed E-state index contributed by atoms with van der Waals surface area (Å²) in [5, 5.41) is 2.63. The minimum absolute atomic E-state index is 0. The van der Waals surface area contributed by atoms with E-state index in [0.29, 0.717) is 0 Å². The Bertz CT molecular complexity index is 615. The lowest BCUT2D eigenvalue weighted by Gasteiger charge is -1.92. The Kier molecular flexibility index (Phi) is 2.55. The van der Waals surface area contributed by atoms with Crippen LogP contribution in [-0.2, 0) is 0 Å².